The summed E-state index contributed by atoms with van der Waals surface area (Å²) in [5.41, 5.74) is 2.49. The van der Waals surface area contributed by atoms with Crippen molar-refractivity contribution >= 4 is 33.3 Å². The first-order valence-corrected chi connectivity index (χ1v) is 7.55. The third-order valence-corrected chi connectivity index (χ3v) is 4.21. The first kappa shape index (κ1) is 13.3. The van der Waals surface area contributed by atoms with E-state index in [1.807, 2.05) is 23.3 Å². The predicted molar refractivity (Wildman–Crippen MR) is 77.6 cm³/mol. The van der Waals surface area contributed by atoms with E-state index in [2.05, 4.69) is 15.4 Å². The maximum atomic E-state index is 12.1. The molecule has 0 bridgehead atoms. The predicted octanol–water partition coefficient (Wildman–Crippen LogP) is 1.73. The molecule has 0 unspecified atom stereocenters. The number of hydroxylamine groups is 1. The summed E-state index contributed by atoms with van der Waals surface area (Å²) in [6.07, 6.45) is 3.35. The van der Waals surface area contributed by atoms with E-state index in [1.54, 1.807) is 17.7 Å². The van der Waals surface area contributed by atoms with Crippen LogP contribution in [-0.4, -0.2) is 35.1 Å². The molecule has 3 rings (SSSR count). The molecule has 1 amide bonds. The molecule has 0 spiro atoms. The van der Waals surface area contributed by atoms with Crippen LogP contribution in [0.1, 0.15) is 19.8 Å². The Balaban J connectivity index is 1.88. The van der Waals surface area contributed by atoms with Crippen molar-refractivity contribution in [1.82, 2.24) is 15.4 Å². The van der Waals surface area contributed by atoms with Gasteiger partial charge in [-0.25, -0.2) is 15.4 Å². The number of nitrogens with one attached hydrogen (secondary N) is 1. The minimum Gasteiger partial charge on any atom is -0.344 e. The number of aromatic nitrogens is 2. The van der Waals surface area contributed by atoms with Crippen LogP contribution < -0.4 is 10.4 Å². The number of amides is 1. The third kappa shape index (κ3) is 2.34. The summed E-state index contributed by atoms with van der Waals surface area (Å²) >= 11 is 1.58. The largest absolute Gasteiger partial charge is 0.344 e. The fourth-order valence-corrected chi connectivity index (χ4v) is 3.24. The van der Waals surface area contributed by atoms with Crippen LogP contribution in [0.25, 0.3) is 10.2 Å². The van der Waals surface area contributed by atoms with Crippen molar-refractivity contribution in [2.45, 2.75) is 25.8 Å². The Morgan fingerprint density at radius 1 is 1.60 bits per heavy atom. The lowest BCUT2D eigenvalue weighted by Crippen LogP contribution is -2.43. The van der Waals surface area contributed by atoms with Crippen molar-refractivity contribution in [1.29, 1.82) is 0 Å². The highest BCUT2D eigenvalue weighted by molar-refractivity contribution is 7.16. The summed E-state index contributed by atoms with van der Waals surface area (Å²) in [6, 6.07) is 1.78. The Morgan fingerprint density at radius 2 is 2.50 bits per heavy atom. The average Bonchev–Trinajstić information content (AvgIpc) is 3.12. The summed E-state index contributed by atoms with van der Waals surface area (Å²) in [5, 5.41) is 3.00. The van der Waals surface area contributed by atoms with E-state index in [4.69, 9.17) is 4.84 Å². The van der Waals surface area contributed by atoms with Gasteiger partial charge in [0.2, 0.25) is 0 Å². The highest BCUT2D eigenvalue weighted by atomic mass is 32.1. The fraction of sp³-hybridized carbons (Fsp3) is 0.462. The SMILES string of the molecule is CCONC(=O)[C@H]1CCCN1c1ncnc2sccc12. The van der Waals surface area contributed by atoms with E-state index in [1.165, 1.54) is 0 Å². The summed E-state index contributed by atoms with van der Waals surface area (Å²) in [4.78, 5) is 28.8. The molecule has 1 fully saturated rings. The van der Waals surface area contributed by atoms with Crippen LogP contribution in [-0.2, 0) is 9.63 Å². The molecule has 0 saturated carbocycles. The smallest absolute Gasteiger partial charge is 0.266 e. The molecule has 0 aliphatic carbocycles. The first-order valence-electron chi connectivity index (χ1n) is 6.67. The van der Waals surface area contributed by atoms with Crippen LogP contribution >= 0.6 is 11.3 Å². The monoisotopic (exact) mass is 292 g/mol. The van der Waals surface area contributed by atoms with Crippen molar-refractivity contribution in [3.63, 3.8) is 0 Å². The number of anilines is 1. The number of thiophene rings is 1. The maximum absolute atomic E-state index is 12.1. The van der Waals surface area contributed by atoms with Gasteiger partial charge in [-0.05, 0) is 31.2 Å². The zero-order valence-corrected chi connectivity index (χ0v) is 12.0. The van der Waals surface area contributed by atoms with Gasteiger partial charge in [-0.2, -0.15) is 0 Å². The number of hydrogen-bond donors (Lipinski definition) is 1. The van der Waals surface area contributed by atoms with Crippen LogP contribution in [0.2, 0.25) is 0 Å². The van der Waals surface area contributed by atoms with E-state index in [-0.39, 0.29) is 11.9 Å². The van der Waals surface area contributed by atoms with Crippen LogP contribution in [0.4, 0.5) is 5.82 Å². The zero-order valence-electron chi connectivity index (χ0n) is 11.2. The lowest BCUT2D eigenvalue weighted by Gasteiger charge is -2.24. The third-order valence-electron chi connectivity index (χ3n) is 3.39. The second-order valence-electron chi connectivity index (χ2n) is 4.59. The quantitative estimate of drug-likeness (QED) is 0.869. The minimum atomic E-state index is -0.223. The average molecular weight is 292 g/mol. The van der Waals surface area contributed by atoms with Crippen molar-refractivity contribution in [2.75, 3.05) is 18.1 Å². The van der Waals surface area contributed by atoms with Gasteiger partial charge in [0.15, 0.2) is 0 Å². The maximum Gasteiger partial charge on any atom is 0.266 e. The summed E-state index contributed by atoms with van der Waals surface area (Å²) in [5.74, 6) is 0.733. The summed E-state index contributed by atoms with van der Waals surface area (Å²) in [6.45, 7) is 3.12. The van der Waals surface area contributed by atoms with Crippen LogP contribution in [0.15, 0.2) is 17.8 Å². The number of fused-ring (bicyclic) bond motifs is 1. The second kappa shape index (κ2) is 5.72. The highest BCUT2D eigenvalue weighted by Gasteiger charge is 2.32. The first-order chi connectivity index (χ1) is 9.81. The molecule has 0 aromatic carbocycles. The van der Waals surface area contributed by atoms with Gasteiger partial charge in [0, 0.05) is 6.54 Å². The molecule has 7 heteroatoms. The van der Waals surface area contributed by atoms with Crippen molar-refractivity contribution in [3.05, 3.63) is 17.8 Å². The Morgan fingerprint density at radius 3 is 3.35 bits per heavy atom. The second-order valence-corrected chi connectivity index (χ2v) is 5.48. The molecular weight excluding hydrogens is 276 g/mol. The van der Waals surface area contributed by atoms with Crippen molar-refractivity contribution in [3.8, 4) is 0 Å². The van der Waals surface area contributed by atoms with E-state index in [9.17, 15) is 4.79 Å². The number of hydrogen-bond acceptors (Lipinski definition) is 6. The van der Waals surface area contributed by atoms with Gasteiger partial charge in [-0.3, -0.25) is 9.63 Å². The van der Waals surface area contributed by atoms with Gasteiger partial charge in [0.25, 0.3) is 5.91 Å². The molecular formula is C13H16N4O2S. The molecule has 3 heterocycles. The Bertz CT molecular complexity index is 615. The molecule has 2 aromatic heterocycles. The van der Waals surface area contributed by atoms with Crippen molar-refractivity contribution < 1.29 is 9.63 Å². The molecule has 106 valence electrons. The number of nitrogens with zero attached hydrogens (tertiary/aromatic N) is 3. The van der Waals surface area contributed by atoms with Crippen LogP contribution in [0.3, 0.4) is 0 Å². The zero-order chi connectivity index (χ0) is 13.9. The number of carbonyl (C=O) groups is 1. The van der Waals surface area contributed by atoms with Gasteiger partial charge in [-0.15, -0.1) is 11.3 Å². The van der Waals surface area contributed by atoms with Gasteiger partial charge in [0.05, 0.1) is 12.0 Å². The topological polar surface area (TPSA) is 67.3 Å². The van der Waals surface area contributed by atoms with E-state index in [0.29, 0.717) is 6.61 Å². The standard InChI is InChI=1S/C13H16N4O2S/c1-2-19-16-12(18)10-4-3-6-17(10)11-9-5-7-20-13(9)15-8-14-11/h5,7-8,10H,2-4,6H2,1H3,(H,16,18)/t10-/m1/s1. The number of carbonyl (C=O) groups excluding carboxylic acids is 1. The normalized spacial score (nSPS) is 18.6. The van der Waals surface area contributed by atoms with E-state index in [0.717, 1.165) is 35.4 Å². The van der Waals surface area contributed by atoms with Gasteiger partial charge >= 0.3 is 0 Å². The van der Waals surface area contributed by atoms with E-state index < -0.39 is 0 Å². The minimum absolute atomic E-state index is 0.105. The molecule has 0 radical (unpaired) electrons. The molecule has 1 aliphatic heterocycles. The molecule has 1 atom stereocenters. The Labute approximate surface area is 120 Å². The number of rotatable bonds is 4. The van der Waals surface area contributed by atoms with Gasteiger partial charge < -0.3 is 4.90 Å². The molecule has 1 aliphatic rings. The molecule has 6 nitrogen and oxygen atoms in total. The molecule has 2 aromatic rings. The molecule has 20 heavy (non-hydrogen) atoms. The lowest BCUT2D eigenvalue weighted by atomic mass is 10.2. The fourth-order valence-electron chi connectivity index (χ4n) is 2.51. The van der Waals surface area contributed by atoms with Crippen molar-refractivity contribution in [2.24, 2.45) is 0 Å². The molecule has 1 N–H and O–H groups in total. The van der Waals surface area contributed by atoms with Crippen LogP contribution in [0, 0.1) is 0 Å². The van der Waals surface area contributed by atoms with Gasteiger partial charge in [0.1, 0.15) is 23.0 Å². The van der Waals surface area contributed by atoms with Crippen LogP contribution in [0.5, 0.6) is 0 Å². The lowest BCUT2D eigenvalue weighted by molar-refractivity contribution is -0.134. The van der Waals surface area contributed by atoms with E-state index >= 15 is 0 Å². The summed E-state index contributed by atoms with van der Waals surface area (Å²) in [7, 11) is 0. The Hall–Kier alpha value is -1.73. The summed E-state index contributed by atoms with van der Waals surface area (Å²) < 4.78 is 0. The van der Waals surface area contributed by atoms with Gasteiger partial charge in [-0.1, -0.05) is 0 Å². The Kier molecular flexibility index (Phi) is 3.79. The highest BCUT2D eigenvalue weighted by Crippen LogP contribution is 2.31. The molecule has 1 saturated heterocycles.